The smallest absolute Gasteiger partial charge is 0.235 e. The maximum absolute atomic E-state index is 8.93. The van der Waals surface area contributed by atoms with E-state index in [1.807, 2.05) is 0 Å². The summed E-state index contributed by atoms with van der Waals surface area (Å²) in [4.78, 5) is 0. The van der Waals surface area contributed by atoms with Gasteiger partial charge in [-0.25, -0.2) is 13.7 Å². The second-order valence-electron chi connectivity index (χ2n) is 0.305. The van der Waals surface area contributed by atoms with Crippen molar-refractivity contribution in [2.75, 3.05) is 0 Å². The molecule has 0 unspecified atom stereocenters. The van der Waals surface area contributed by atoms with Gasteiger partial charge in [-0.3, -0.25) is 0 Å². The molecule has 1 N–H and O–H groups in total. The highest BCUT2D eigenvalue weighted by atomic mass is 32.2. The van der Waals surface area contributed by atoms with Crippen molar-refractivity contribution in [3.8, 4) is 0 Å². The van der Waals surface area contributed by atoms with Gasteiger partial charge in [0.1, 0.15) is 0 Å². The van der Waals surface area contributed by atoms with Gasteiger partial charge >= 0.3 is 0 Å². The van der Waals surface area contributed by atoms with Gasteiger partial charge in [0.15, 0.2) is 0 Å². The van der Waals surface area contributed by atoms with Crippen molar-refractivity contribution in [3.05, 3.63) is 0 Å². The van der Waals surface area contributed by atoms with E-state index in [0.717, 1.165) is 0 Å². The second kappa shape index (κ2) is 4.87. The van der Waals surface area contributed by atoms with Crippen LogP contribution in [0.5, 0.6) is 0 Å². The van der Waals surface area contributed by atoms with Crippen molar-refractivity contribution in [2.24, 2.45) is 0 Å². The molecule has 0 spiro atoms. The van der Waals surface area contributed by atoms with Gasteiger partial charge < -0.3 is 0 Å². The summed E-state index contributed by atoms with van der Waals surface area (Å²) >= 11 is 0. The summed E-state index contributed by atoms with van der Waals surface area (Å²) in [6, 6.07) is 0. The van der Waals surface area contributed by atoms with E-state index in [1.54, 1.807) is 0 Å². The molecule has 0 saturated heterocycles. The Balaban J connectivity index is 0. The molecule has 6 heavy (non-hydrogen) atoms. The fraction of sp³-hybridized carbons (Fsp3) is 1.00. The molecule has 40 valence electrons. The summed E-state index contributed by atoms with van der Waals surface area (Å²) in [5.74, 6) is 0. The molecule has 4 nitrogen and oxygen atoms in total. The molecule has 5 heteroatoms. The van der Waals surface area contributed by atoms with Crippen LogP contribution in [0.15, 0.2) is 0 Å². The van der Waals surface area contributed by atoms with E-state index in [2.05, 4.69) is 4.33 Å². The van der Waals surface area contributed by atoms with Gasteiger partial charge in [0.25, 0.3) is 11.0 Å². The van der Waals surface area contributed by atoms with Gasteiger partial charge in [0.2, 0.25) is 0 Å². The number of hydrogen-bond acceptors (Lipinski definition) is 4. The SMILES string of the molecule is C.O=[SH](=O)OO. The van der Waals surface area contributed by atoms with Crippen LogP contribution in [0, 0.1) is 0 Å². The van der Waals surface area contributed by atoms with Gasteiger partial charge in [-0.2, -0.15) is 0 Å². The molecule has 0 fully saturated rings. The Bertz CT molecular complexity index is 65.6. The third-order valence-electron chi connectivity index (χ3n) is 0.0667. The Hall–Kier alpha value is -0.130. The Kier molecular flexibility index (Phi) is 7.54. The van der Waals surface area contributed by atoms with E-state index in [0.29, 0.717) is 0 Å². The predicted molar refractivity (Wildman–Crippen MR) is 20.8 cm³/mol. The van der Waals surface area contributed by atoms with E-state index >= 15 is 0 Å². The summed E-state index contributed by atoms with van der Waals surface area (Å²) in [5.41, 5.74) is 0. The van der Waals surface area contributed by atoms with Gasteiger partial charge in [-0.15, -0.1) is 4.33 Å². The van der Waals surface area contributed by atoms with Gasteiger partial charge in [-0.1, -0.05) is 7.43 Å². The zero-order valence-electron chi connectivity index (χ0n) is 2.12. The summed E-state index contributed by atoms with van der Waals surface area (Å²) in [5, 5.41) is 7.05. The lowest BCUT2D eigenvalue weighted by atomic mass is 12.0. The molecule has 0 radical (unpaired) electrons. The average molecular weight is 114 g/mol. The summed E-state index contributed by atoms with van der Waals surface area (Å²) in [7, 11) is -3.04. The Morgan fingerprint density at radius 3 is 1.67 bits per heavy atom. The Morgan fingerprint density at radius 1 is 1.50 bits per heavy atom. The lowest BCUT2D eigenvalue weighted by Crippen LogP contribution is -1.74. The van der Waals surface area contributed by atoms with Crippen LogP contribution in [0.3, 0.4) is 0 Å². The van der Waals surface area contributed by atoms with Crippen LogP contribution < -0.4 is 0 Å². The molecule has 0 aliphatic rings. The van der Waals surface area contributed by atoms with Crippen molar-refractivity contribution in [1.29, 1.82) is 0 Å². The lowest BCUT2D eigenvalue weighted by Gasteiger charge is -1.64. The molecule has 0 aromatic rings. The molecular formula is CH6O4S. The van der Waals surface area contributed by atoms with E-state index < -0.39 is 11.0 Å². The largest absolute Gasteiger partial charge is 0.283 e. The second-order valence-corrected chi connectivity index (χ2v) is 0.916. The minimum absolute atomic E-state index is 0. The molecule has 0 bridgehead atoms. The highest BCUT2D eigenvalue weighted by Crippen LogP contribution is 1.51. The number of rotatable bonds is 1. The van der Waals surface area contributed by atoms with Crippen molar-refractivity contribution < 1.29 is 18.0 Å². The first-order valence-corrected chi connectivity index (χ1v) is 1.83. The van der Waals surface area contributed by atoms with E-state index in [4.69, 9.17) is 13.7 Å². The van der Waals surface area contributed by atoms with Crippen LogP contribution in [0.1, 0.15) is 7.43 Å². The van der Waals surface area contributed by atoms with Crippen LogP contribution in [0.2, 0.25) is 0 Å². The normalized spacial score (nSPS) is 7.67. The van der Waals surface area contributed by atoms with Crippen LogP contribution >= 0.6 is 0 Å². The third kappa shape index (κ3) is 9.12. The molecule has 0 atom stereocenters. The summed E-state index contributed by atoms with van der Waals surface area (Å²) < 4.78 is 20.6. The van der Waals surface area contributed by atoms with Crippen molar-refractivity contribution >= 4 is 11.0 Å². The van der Waals surface area contributed by atoms with Crippen LogP contribution in [0.25, 0.3) is 0 Å². The Labute approximate surface area is 37.4 Å². The zero-order valence-corrected chi connectivity index (χ0v) is 3.01. The van der Waals surface area contributed by atoms with E-state index in [9.17, 15) is 0 Å². The maximum atomic E-state index is 8.93. The molecule has 0 aromatic carbocycles. The number of hydrogen-bond donors (Lipinski definition) is 2. The average Bonchev–Trinajstić information content (AvgIpc) is 1.38. The summed E-state index contributed by atoms with van der Waals surface area (Å²) in [6.45, 7) is 0. The van der Waals surface area contributed by atoms with E-state index in [1.165, 1.54) is 0 Å². The van der Waals surface area contributed by atoms with Gasteiger partial charge in [0, 0.05) is 0 Å². The van der Waals surface area contributed by atoms with Crippen molar-refractivity contribution in [1.82, 2.24) is 0 Å². The van der Waals surface area contributed by atoms with Crippen LogP contribution in [0.4, 0.5) is 0 Å². The molecule has 0 saturated carbocycles. The van der Waals surface area contributed by atoms with Crippen molar-refractivity contribution in [2.45, 2.75) is 7.43 Å². The highest BCUT2D eigenvalue weighted by molar-refractivity contribution is 7.67. The summed E-state index contributed by atoms with van der Waals surface area (Å²) in [6.07, 6.45) is 0. The first-order chi connectivity index (χ1) is 2.27. The molecule has 0 aliphatic carbocycles. The van der Waals surface area contributed by atoms with Gasteiger partial charge in [0.05, 0.1) is 0 Å². The number of thiol groups is 1. The third-order valence-corrected chi connectivity index (χ3v) is 0.200. The first kappa shape index (κ1) is 9.30. The Morgan fingerprint density at radius 2 is 1.67 bits per heavy atom. The fourth-order valence-electron chi connectivity index (χ4n) is 0. The molecule has 0 aliphatic heterocycles. The fourth-order valence-corrected chi connectivity index (χ4v) is 0. The molecule has 0 rings (SSSR count). The quantitative estimate of drug-likeness (QED) is 0.277. The molecule has 0 aromatic heterocycles. The van der Waals surface area contributed by atoms with Crippen LogP contribution in [-0.2, 0) is 15.3 Å². The minimum Gasteiger partial charge on any atom is -0.235 e. The first-order valence-electron chi connectivity index (χ1n) is 0.730. The monoisotopic (exact) mass is 114 g/mol. The topological polar surface area (TPSA) is 63.6 Å². The van der Waals surface area contributed by atoms with Crippen LogP contribution in [-0.4, -0.2) is 13.7 Å². The minimum atomic E-state index is -3.04. The van der Waals surface area contributed by atoms with Gasteiger partial charge in [-0.05, 0) is 0 Å². The maximum Gasteiger partial charge on any atom is 0.283 e. The molecular weight excluding hydrogens is 108 g/mol. The highest BCUT2D eigenvalue weighted by Gasteiger charge is 1.64. The van der Waals surface area contributed by atoms with E-state index in [-0.39, 0.29) is 7.43 Å². The standard InChI is InChI=1S/CH4.H2O4S/c;1-4-5(2)3/h1H4;1,5H. The van der Waals surface area contributed by atoms with Crippen molar-refractivity contribution in [3.63, 3.8) is 0 Å². The zero-order chi connectivity index (χ0) is 4.28. The molecule has 0 heterocycles. The molecule has 0 amide bonds. The lowest BCUT2D eigenvalue weighted by molar-refractivity contribution is -0.125. The predicted octanol–water partition coefficient (Wildman–Crippen LogP) is -0.361.